The maximum absolute atomic E-state index is 10.8. The van der Waals surface area contributed by atoms with Crippen LogP contribution >= 0.6 is 0 Å². The molecule has 0 aliphatic carbocycles. The summed E-state index contributed by atoms with van der Waals surface area (Å²) in [7, 11) is 0. The third-order valence-corrected chi connectivity index (χ3v) is 10.7. The Morgan fingerprint density at radius 1 is 0.803 bits per heavy atom. The van der Waals surface area contributed by atoms with E-state index >= 15 is 0 Å². The van der Waals surface area contributed by atoms with E-state index in [-0.39, 0.29) is 42.9 Å². The van der Waals surface area contributed by atoms with Crippen LogP contribution in [-0.2, 0) is 25.5 Å². The fourth-order valence-electron chi connectivity index (χ4n) is 7.38. The van der Waals surface area contributed by atoms with Gasteiger partial charge in [0.2, 0.25) is 11.3 Å². The first kappa shape index (κ1) is 42.7. The van der Waals surface area contributed by atoms with E-state index < -0.39 is 5.97 Å². The molecule has 0 aliphatic heterocycles. The molecule has 0 unspecified atom stereocenters. The quantitative estimate of drug-likeness (QED) is 0.155. The second kappa shape index (κ2) is 17.3. The number of rotatable bonds is 7. The van der Waals surface area contributed by atoms with Gasteiger partial charge >= 0.3 is 0 Å². The number of carboxylic acid groups (broad SMARTS) is 1. The average Bonchev–Trinajstić information content (AvgIpc) is 3.82. The maximum Gasteiger partial charge on any atom is 0.292 e. The van der Waals surface area contributed by atoms with Gasteiger partial charge in [0, 0.05) is 37.4 Å². The first-order chi connectivity index (χ1) is 28.8. The zero-order chi connectivity index (χ0) is 42.3. The van der Waals surface area contributed by atoms with Gasteiger partial charge in [-0.2, -0.15) is 0 Å². The van der Waals surface area contributed by atoms with Crippen molar-refractivity contribution in [1.29, 1.82) is 0 Å². The number of aromatic carboxylic acids is 1. The van der Waals surface area contributed by atoms with Crippen molar-refractivity contribution in [3.8, 4) is 39.5 Å². The molecule has 9 aromatic rings. The third kappa shape index (κ3) is 8.49. The van der Waals surface area contributed by atoms with Crippen LogP contribution in [0.1, 0.15) is 92.9 Å². The van der Waals surface area contributed by atoms with Crippen LogP contribution in [0.5, 0.6) is 0 Å². The van der Waals surface area contributed by atoms with Gasteiger partial charge in [0.05, 0.1) is 11.4 Å². The molecule has 0 fully saturated rings. The number of para-hydroxylation sites is 1. The summed E-state index contributed by atoms with van der Waals surface area (Å²) in [6.07, 6.45) is 1.86. The van der Waals surface area contributed by atoms with Gasteiger partial charge in [-0.15, -0.1) is 58.2 Å². The van der Waals surface area contributed by atoms with Crippen LogP contribution in [0.4, 0.5) is 0 Å². The van der Waals surface area contributed by atoms with Crippen molar-refractivity contribution in [2.75, 3.05) is 0 Å². The summed E-state index contributed by atoms with van der Waals surface area (Å²) in [6.45, 7) is 17.3. The average molecular weight is 984 g/mol. The molecule has 0 spiro atoms. The Labute approximate surface area is 368 Å². The number of hydrogen-bond donors (Lipinski definition) is 1. The van der Waals surface area contributed by atoms with Crippen molar-refractivity contribution in [2.45, 2.75) is 72.6 Å². The molecule has 1 radical (unpaired) electrons. The van der Waals surface area contributed by atoms with Crippen LogP contribution in [0.3, 0.4) is 0 Å². The van der Waals surface area contributed by atoms with Crippen molar-refractivity contribution in [3.05, 3.63) is 149 Å². The standard InChI is InChI=1S/C34H29N6O.C16H16NO2.Ir/c1-19(2)24-8-6-9-25(20(3)4)30(24)40-33(35-32-34(40)37-39-38-36-32)28-11-7-10-27-26-17-16-23(18-29(26)41-31(27)28)22-14-12-21(5)13-15-22;1-16(2,3)13-8-9-14(17-10-13)11-4-6-12(7-5-11)15(18)19;/h6-10,12-20H,1-5H3;4,6-10H,1-3H3,(H,18,19);/q2*-1;. The molecule has 0 atom stereocenters. The fraction of sp³-hybridized carbons (Fsp3) is 0.220. The molecule has 61 heavy (non-hydrogen) atoms. The molecule has 0 amide bonds. The Hall–Kier alpha value is -6.42. The first-order valence-electron chi connectivity index (χ1n) is 20.0. The molecule has 309 valence electrons. The van der Waals surface area contributed by atoms with Crippen LogP contribution in [0, 0.1) is 19.1 Å². The van der Waals surface area contributed by atoms with Crippen molar-refractivity contribution >= 4 is 39.2 Å². The summed E-state index contributed by atoms with van der Waals surface area (Å²) in [5.74, 6) is 0.234. The second-order valence-corrected chi connectivity index (χ2v) is 16.6. The van der Waals surface area contributed by atoms with Crippen LogP contribution in [0.15, 0.2) is 114 Å². The van der Waals surface area contributed by atoms with Gasteiger partial charge in [0.25, 0.3) is 5.97 Å². The van der Waals surface area contributed by atoms with Crippen LogP contribution < -0.4 is 0 Å². The molecule has 4 heterocycles. The Morgan fingerprint density at radius 2 is 1.51 bits per heavy atom. The maximum atomic E-state index is 10.8. The Bertz CT molecular complexity index is 2970. The molecule has 9 rings (SSSR count). The van der Waals surface area contributed by atoms with Gasteiger partial charge in [-0.1, -0.05) is 132 Å². The molecule has 5 aromatic carbocycles. The molecular formula is C50H45IrN7O3-2. The number of hydrogen-bond acceptors (Lipinski definition) is 8. The van der Waals surface area contributed by atoms with E-state index in [0.717, 1.165) is 50.0 Å². The zero-order valence-corrected chi connectivity index (χ0v) is 37.7. The normalized spacial score (nSPS) is 11.6. The van der Waals surface area contributed by atoms with Gasteiger partial charge in [-0.25, -0.2) is 0 Å². The molecule has 0 saturated carbocycles. The summed E-state index contributed by atoms with van der Waals surface area (Å²) in [5.41, 5.74) is 13.2. The predicted molar refractivity (Wildman–Crippen MR) is 236 cm³/mol. The van der Waals surface area contributed by atoms with Gasteiger partial charge < -0.3 is 19.1 Å². The van der Waals surface area contributed by atoms with Crippen LogP contribution in [-0.4, -0.2) is 46.2 Å². The number of aromatic nitrogens is 7. The number of nitrogens with zero attached hydrogens (tertiary/aromatic N) is 7. The number of benzene rings is 5. The molecule has 0 aliphatic rings. The topological polar surface area (TPSA) is 133 Å². The van der Waals surface area contributed by atoms with Crippen molar-refractivity contribution in [2.24, 2.45) is 0 Å². The Morgan fingerprint density at radius 3 is 2.13 bits per heavy atom. The molecule has 0 bridgehead atoms. The number of carbonyl (C=O) groups is 1. The van der Waals surface area contributed by atoms with Gasteiger partial charge in [-0.3, -0.25) is 9.78 Å². The van der Waals surface area contributed by atoms with Crippen LogP contribution in [0.2, 0.25) is 0 Å². The van der Waals surface area contributed by atoms with E-state index in [0.29, 0.717) is 22.7 Å². The van der Waals surface area contributed by atoms with Gasteiger partial charge in [0.1, 0.15) is 5.58 Å². The van der Waals surface area contributed by atoms with E-state index in [2.05, 4.69) is 158 Å². The number of furan rings is 1. The molecule has 11 heteroatoms. The monoisotopic (exact) mass is 984 g/mol. The van der Waals surface area contributed by atoms with E-state index in [1.165, 1.54) is 28.3 Å². The SMILES string of the molecule is CC(C)(C)c1ccc(-c2[c-]cc(C(=O)O)cc2)nc1.Cc1ccc(-c2ccc3c(c2)oc2c(-c4nc5nnnnc5n4-c4c(C(C)C)cccc4C(C)C)[c-]ccc23)cc1.[Ir]. The minimum Gasteiger partial charge on any atom is -0.501 e. The molecule has 4 aromatic heterocycles. The zero-order valence-electron chi connectivity index (χ0n) is 35.3. The summed E-state index contributed by atoms with van der Waals surface area (Å²) >= 11 is 0. The number of pyridine rings is 1. The number of carboxylic acids is 1. The van der Waals surface area contributed by atoms with Crippen LogP contribution in [0.25, 0.3) is 72.7 Å². The predicted octanol–water partition coefficient (Wildman–Crippen LogP) is 11.7. The molecule has 0 saturated heterocycles. The van der Waals surface area contributed by atoms with E-state index in [4.69, 9.17) is 14.5 Å². The Kier molecular flexibility index (Phi) is 12.1. The van der Waals surface area contributed by atoms with E-state index in [1.54, 1.807) is 12.1 Å². The summed E-state index contributed by atoms with van der Waals surface area (Å²) in [4.78, 5) is 20.1. The van der Waals surface area contributed by atoms with Crippen molar-refractivity contribution < 1.29 is 34.4 Å². The van der Waals surface area contributed by atoms with Gasteiger partial charge in [0.15, 0.2) is 0 Å². The van der Waals surface area contributed by atoms with E-state index in [1.807, 2.05) is 30.5 Å². The molecular weight excluding hydrogens is 939 g/mol. The molecule has 1 N–H and O–H groups in total. The largest absolute Gasteiger partial charge is 0.501 e. The first-order valence-corrected chi connectivity index (χ1v) is 20.0. The summed E-state index contributed by atoms with van der Waals surface area (Å²) < 4.78 is 8.68. The fourth-order valence-corrected chi connectivity index (χ4v) is 7.38. The van der Waals surface area contributed by atoms with E-state index in [9.17, 15) is 4.79 Å². The number of aryl methyl sites for hydroxylation is 1. The minimum atomic E-state index is -0.946. The number of imidazole rings is 1. The van der Waals surface area contributed by atoms with Gasteiger partial charge in [-0.05, 0) is 79.7 Å². The Balaban J connectivity index is 0.000000237. The summed E-state index contributed by atoms with van der Waals surface area (Å²) in [6, 6.07) is 40.5. The van der Waals surface area contributed by atoms with Crippen molar-refractivity contribution in [3.63, 3.8) is 0 Å². The molecule has 10 nitrogen and oxygen atoms in total. The second-order valence-electron chi connectivity index (χ2n) is 16.6. The number of fused-ring (bicyclic) bond motifs is 4. The van der Waals surface area contributed by atoms with Crippen molar-refractivity contribution in [1.82, 2.24) is 35.2 Å². The third-order valence-electron chi connectivity index (χ3n) is 10.7. The summed E-state index contributed by atoms with van der Waals surface area (Å²) in [5, 5.41) is 27.2. The smallest absolute Gasteiger partial charge is 0.292 e. The minimum absolute atomic E-state index is 0.